The number of hydrogen-bond donors (Lipinski definition) is 0. The molecule has 0 spiro atoms. The maximum absolute atomic E-state index is 13.1. The first-order valence-electron chi connectivity index (χ1n) is 8.94. The summed E-state index contributed by atoms with van der Waals surface area (Å²) in [7, 11) is 0. The molecule has 0 radical (unpaired) electrons. The predicted octanol–water partition coefficient (Wildman–Crippen LogP) is 5.38. The molecule has 28 heavy (non-hydrogen) atoms. The first-order chi connectivity index (χ1) is 13.3. The number of aromatic nitrogens is 4. The molecule has 0 aliphatic rings. The summed E-state index contributed by atoms with van der Waals surface area (Å²) in [4.78, 5) is 8.50. The minimum atomic E-state index is -4.35. The lowest BCUT2D eigenvalue weighted by atomic mass is 10.1. The van der Waals surface area contributed by atoms with E-state index >= 15 is 0 Å². The molecule has 3 rings (SSSR count). The van der Waals surface area contributed by atoms with Gasteiger partial charge >= 0.3 is 6.18 Å². The number of nitrogens with zero attached hydrogens (tertiary/aromatic N) is 4. The SMILES string of the molecule is CC(C)CCc1noc(CSc2ncc(-c3ccccc3)n2CC(F)(F)F)n1. The van der Waals surface area contributed by atoms with Gasteiger partial charge in [0.15, 0.2) is 11.0 Å². The van der Waals surface area contributed by atoms with Crippen LogP contribution in [0.4, 0.5) is 13.2 Å². The molecule has 0 saturated heterocycles. The van der Waals surface area contributed by atoms with Crippen molar-refractivity contribution in [2.24, 2.45) is 5.92 Å². The van der Waals surface area contributed by atoms with E-state index in [1.165, 1.54) is 10.8 Å². The van der Waals surface area contributed by atoms with Crippen LogP contribution in [0.15, 0.2) is 46.2 Å². The lowest BCUT2D eigenvalue weighted by molar-refractivity contribution is -0.141. The molecule has 0 amide bonds. The molecule has 0 aliphatic carbocycles. The zero-order valence-corrected chi connectivity index (χ0v) is 16.4. The van der Waals surface area contributed by atoms with Crippen LogP contribution in [0.2, 0.25) is 0 Å². The first-order valence-corrected chi connectivity index (χ1v) is 9.92. The van der Waals surface area contributed by atoms with Crippen molar-refractivity contribution in [3.05, 3.63) is 48.2 Å². The van der Waals surface area contributed by atoms with E-state index in [1.54, 1.807) is 24.3 Å². The standard InChI is InChI=1S/C19H21F3N4OS/c1-13(2)8-9-16-24-17(27-25-16)11-28-18-23-10-15(14-6-4-3-5-7-14)26(18)12-19(20,21)22/h3-7,10,13H,8-9,11-12H2,1-2H3. The van der Waals surface area contributed by atoms with Gasteiger partial charge in [-0.1, -0.05) is 61.1 Å². The van der Waals surface area contributed by atoms with Crippen LogP contribution in [-0.2, 0) is 18.7 Å². The van der Waals surface area contributed by atoms with Crippen LogP contribution >= 0.6 is 11.8 Å². The van der Waals surface area contributed by atoms with Crippen molar-refractivity contribution in [1.82, 2.24) is 19.7 Å². The fourth-order valence-electron chi connectivity index (χ4n) is 2.64. The van der Waals surface area contributed by atoms with Crippen molar-refractivity contribution >= 4 is 11.8 Å². The average Bonchev–Trinajstić information content (AvgIpc) is 3.24. The van der Waals surface area contributed by atoms with Crippen LogP contribution in [0.5, 0.6) is 0 Å². The highest BCUT2D eigenvalue weighted by Crippen LogP contribution is 2.31. The predicted molar refractivity (Wildman–Crippen MR) is 101 cm³/mol. The molecule has 150 valence electrons. The lowest BCUT2D eigenvalue weighted by Crippen LogP contribution is -2.19. The van der Waals surface area contributed by atoms with Gasteiger partial charge in [0.25, 0.3) is 0 Å². The summed E-state index contributed by atoms with van der Waals surface area (Å²) in [6.45, 7) is 3.12. The summed E-state index contributed by atoms with van der Waals surface area (Å²) in [6.07, 6.45) is -1.23. The largest absolute Gasteiger partial charge is 0.406 e. The molecule has 0 bridgehead atoms. The Kier molecular flexibility index (Phi) is 6.43. The Hall–Kier alpha value is -2.29. The molecule has 2 aromatic heterocycles. The van der Waals surface area contributed by atoms with E-state index in [4.69, 9.17) is 4.52 Å². The second kappa shape index (κ2) is 8.81. The second-order valence-corrected chi connectivity index (χ2v) is 7.76. The van der Waals surface area contributed by atoms with Gasteiger partial charge in [0.05, 0.1) is 17.6 Å². The summed E-state index contributed by atoms with van der Waals surface area (Å²) in [5.74, 6) is 1.79. The van der Waals surface area contributed by atoms with Gasteiger partial charge in [0.1, 0.15) is 6.54 Å². The van der Waals surface area contributed by atoms with E-state index in [0.29, 0.717) is 35.3 Å². The van der Waals surface area contributed by atoms with Gasteiger partial charge in [-0.05, 0) is 17.9 Å². The summed E-state index contributed by atoms with van der Waals surface area (Å²) in [6, 6.07) is 8.90. The van der Waals surface area contributed by atoms with Crippen molar-refractivity contribution in [2.75, 3.05) is 0 Å². The molecule has 0 N–H and O–H groups in total. The molecule has 0 saturated carbocycles. The van der Waals surface area contributed by atoms with E-state index < -0.39 is 12.7 Å². The maximum Gasteiger partial charge on any atom is 0.406 e. The Balaban J connectivity index is 1.75. The number of alkyl halides is 3. The highest BCUT2D eigenvalue weighted by atomic mass is 32.2. The number of aryl methyl sites for hydroxylation is 1. The Morgan fingerprint density at radius 3 is 2.61 bits per heavy atom. The molecule has 0 atom stereocenters. The van der Waals surface area contributed by atoms with E-state index in [2.05, 4.69) is 29.0 Å². The zero-order valence-electron chi connectivity index (χ0n) is 15.6. The Morgan fingerprint density at radius 2 is 1.93 bits per heavy atom. The fraction of sp³-hybridized carbons (Fsp3) is 0.421. The first kappa shape index (κ1) is 20.4. The highest BCUT2D eigenvalue weighted by Gasteiger charge is 2.31. The van der Waals surface area contributed by atoms with Crippen LogP contribution in [0, 0.1) is 5.92 Å². The van der Waals surface area contributed by atoms with Crippen LogP contribution in [0.1, 0.15) is 32.0 Å². The van der Waals surface area contributed by atoms with Crippen molar-refractivity contribution in [2.45, 2.75) is 50.3 Å². The lowest BCUT2D eigenvalue weighted by Gasteiger charge is -2.13. The van der Waals surface area contributed by atoms with E-state index in [-0.39, 0.29) is 10.9 Å². The molecular formula is C19H21F3N4OS. The summed E-state index contributed by atoms with van der Waals surface area (Å²) in [5.41, 5.74) is 1.10. The van der Waals surface area contributed by atoms with Gasteiger partial charge < -0.3 is 9.09 Å². The minimum absolute atomic E-state index is 0.262. The van der Waals surface area contributed by atoms with Crippen molar-refractivity contribution in [1.29, 1.82) is 0 Å². The van der Waals surface area contributed by atoms with Crippen molar-refractivity contribution in [3.63, 3.8) is 0 Å². The van der Waals surface area contributed by atoms with Gasteiger partial charge in [-0.2, -0.15) is 18.2 Å². The Bertz CT molecular complexity index is 890. The smallest absolute Gasteiger partial charge is 0.338 e. The molecule has 3 aromatic rings. The third-order valence-electron chi connectivity index (χ3n) is 4.01. The van der Waals surface area contributed by atoms with Gasteiger partial charge in [0.2, 0.25) is 5.89 Å². The number of rotatable bonds is 8. The van der Waals surface area contributed by atoms with Crippen molar-refractivity contribution < 1.29 is 17.7 Å². The summed E-state index contributed by atoms with van der Waals surface area (Å²) in [5, 5.41) is 4.19. The Morgan fingerprint density at radius 1 is 1.18 bits per heavy atom. The summed E-state index contributed by atoms with van der Waals surface area (Å²) < 4.78 is 45.7. The topological polar surface area (TPSA) is 56.7 Å². The fourth-order valence-corrected chi connectivity index (χ4v) is 3.46. The van der Waals surface area contributed by atoms with Gasteiger partial charge in [-0.3, -0.25) is 0 Å². The van der Waals surface area contributed by atoms with Crippen LogP contribution in [0.3, 0.4) is 0 Å². The van der Waals surface area contributed by atoms with Crippen LogP contribution in [0.25, 0.3) is 11.3 Å². The van der Waals surface area contributed by atoms with E-state index in [0.717, 1.165) is 18.2 Å². The third-order valence-corrected chi connectivity index (χ3v) is 4.98. The monoisotopic (exact) mass is 410 g/mol. The van der Waals surface area contributed by atoms with E-state index in [1.807, 2.05) is 6.07 Å². The maximum atomic E-state index is 13.1. The molecule has 0 fully saturated rings. The molecule has 2 heterocycles. The quantitative estimate of drug-likeness (QED) is 0.467. The average molecular weight is 410 g/mol. The van der Waals surface area contributed by atoms with Crippen LogP contribution in [-0.4, -0.2) is 25.9 Å². The number of hydrogen-bond acceptors (Lipinski definition) is 5. The van der Waals surface area contributed by atoms with Gasteiger partial charge in [-0.25, -0.2) is 4.98 Å². The molecular weight excluding hydrogens is 389 g/mol. The number of imidazole rings is 1. The number of benzene rings is 1. The normalized spacial score (nSPS) is 12.1. The van der Waals surface area contributed by atoms with Crippen LogP contribution < -0.4 is 0 Å². The number of halogens is 3. The molecule has 1 aromatic carbocycles. The van der Waals surface area contributed by atoms with Gasteiger partial charge in [0, 0.05) is 6.42 Å². The highest BCUT2D eigenvalue weighted by molar-refractivity contribution is 7.98. The number of thioether (sulfide) groups is 1. The Labute approximate surface area is 165 Å². The molecule has 9 heteroatoms. The molecule has 5 nitrogen and oxygen atoms in total. The van der Waals surface area contributed by atoms with Crippen molar-refractivity contribution in [3.8, 4) is 11.3 Å². The minimum Gasteiger partial charge on any atom is -0.338 e. The van der Waals surface area contributed by atoms with Gasteiger partial charge in [-0.15, -0.1) is 0 Å². The zero-order chi connectivity index (χ0) is 20.1. The summed E-state index contributed by atoms with van der Waals surface area (Å²) >= 11 is 1.15. The molecule has 0 unspecified atom stereocenters. The second-order valence-electron chi connectivity index (χ2n) is 6.82. The molecule has 0 aliphatic heterocycles. The third kappa shape index (κ3) is 5.60. The van der Waals surface area contributed by atoms with E-state index in [9.17, 15) is 13.2 Å².